The van der Waals surface area contributed by atoms with Gasteiger partial charge in [0.15, 0.2) is 0 Å². The van der Waals surface area contributed by atoms with Crippen molar-refractivity contribution in [1.29, 1.82) is 0 Å². The van der Waals surface area contributed by atoms with Gasteiger partial charge in [0.25, 0.3) is 0 Å². The van der Waals surface area contributed by atoms with Crippen LogP contribution in [0.3, 0.4) is 0 Å². The zero-order valence-corrected chi connectivity index (χ0v) is 10.8. The molecule has 0 amide bonds. The summed E-state index contributed by atoms with van der Waals surface area (Å²) in [6, 6.07) is 0. The predicted molar refractivity (Wildman–Crippen MR) is 67.1 cm³/mol. The molecular weight excluding hydrogens is 196 g/mol. The fourth-order valence-corrected chi connectivity index (χ4v) is 2.90. The van der Waals surface area contributed by atoms with Crippen LogP contribution in [-0.4, -0.2) is 5.78 Å². The van der Waals surface area contributed by atoms with Gasteiger partial charge in [-0.2, -0.15) is 0 Å². The van der Waals surface area contributed by atoms with E-state index in [2.05, 4.69) is 39.8 Å². The van der Waals surface area contributed by atoms with Gasteiger partial charge in [0.2, 0.25) is 0 Å². The molecule has 2 aliphatic rings. The van der Waals surface area contributed by atoms with Crippen LogP contribution in [0.4, 0.5) is 0 Å². The second-order valence-electron chi connectivity index (χ2n) is 5.71. The monoisotopic (exact) mass is 218 g/mol. The average Bonchev–Trinajstić information content (AvgIpc) is 2.72. The second-order valence-corrected chi connectivity index (χ2v) is 5.71. The molecule has 0 radical (unpaired) electrons. The van der Waals surface area contributed by atoms with E-state index in [0.717, 1.165) is 12.8 Å². The third kappa shape index (κ3) is 2.00. The van der Waals surface area contributed by atoms with Gasteiger partial charge in [-0.3, -0.25) is 4.79 Å². The fraction of sp³-hybridized carbons (Fsp3) is 0.667. The van der Waals surface area contributed by atoms with Crippen LogP contribution in [0.1, 0.15) is 40.5 Å². The SMILES string of the molecule is CC1=CC(C(=O)C2C=C(C)C(C)C2)CC1C. The summed E-state index contributed by atoms with van der Waals surface area (Å²) >= 11 is 0. The summed E-state index contributed by atoms with van der Waals surface area (Å²) < 4.78 is 0. The Labute approximate surface area is 98.6 Å². The molecule has 88 valence electrons. The molecule has 2 rings (SSSR count). The Morgan fingerprint density at radius 3 is 1.62 bits per heavy atom. The van der Waals surface area contributed by atoms with Gasteiger partial charge in [-0.15, -0.1) is 0 Å². The lowest BCUT2D eigenvalue weighted by Crippen LogP contribution is -2.19. The van der Waals surface area contributed by atoms with E-state index in [1.165, 1.54) is 11.1 Å². The summed E-state index contributed by atoms with van der Waals surface area (Å²) in [7, 11) is 0. The lowest BCUT2D eigenvalue weighted by Gasteiger charge is -2.13. The minimum Gasteiger partial charge on any atom is -0.298 e. The average molecular weight is 218 g/mol. The predicted octanol–water partition coefficient (Wildman–Crippen LogP) is 3.76. The lowest BCUT2D eigenvalue weighted by molar-refractivity contribution is -0.124. The molecule has 0 aromatic heterocycles. The van der Waals surface area contributed by atoms with Crippen LogP contribution in [0, 0.1) is 23.7 Å². The quantitative estimate of drug-likeness (QED) is 0.645. The maximum absolute atomic E-state index is 12.3. The van der Waals surface area contributed by atoms with Crippen LogP contribution in [0.25, 0.3) is 0 Å². The minimum absolute atomic E-state index is 0.189. The molecule has 16 heavy (non-hydrogen) atoms. The zero-order chi connectivity index (χ0) is 11.9. The highest BCUT2D eigenvalue weighted by Crippen LogP contribution is 2.37. The van der Waals surface area contributed by atoms with Crippen molar-refractivity contribution in [1.82, 2.24) is 0 Å². The molecule has 0 aliphatic heterocycles. The Morgan fingerprint density at radius 2 is 1.38 bits per heavy atom. The zero-order valence-electron chi connectivity index (χ0n) is 10.8. The van der Waals surface area contributed by atoms with Crippen molar-refractivity contribution >= 4 is 5.78 Å². The van der Waals surface area contributed by atoms with Gasteiger partial charge in [0.05, 0.1) is 0 Å². The Hall–Kier alpha value is -0.850. The molecule has 0 fully saturated rings. The number of Topliss-reactive ketones (excluding diaryl/α,β-unsaturated/α-hetero) is 1. The highest BCUT2D eigenvalue weighted by Gasteiger charge is 2.33. The maximum atomic E-state index is 12.3. The highest BCUT2D eigenvalue weighted by molar-refractivity contribution is 5.87. The number of rotatable bonds is 2. The minimum atomic E-state index is 0.189. The van der Waals surface area contributed by atoms with Gasteiger partial charge < -0.3 is 0 Å². The Kier molecular flexibility index (Phi) is 3.05. The lowest BCUT2D eigenvalue weighted by atomic mass is 9.89. The molecule has 0 saturated carbocycles. The highest BCUT2D eigenvalue weighted by atomic mass is 16.1. The van der Waals surface area contributed by atoms with Crippen molar-refractivity contribution in [2.24, 2.45) is 23.7 Å². The molecule has 1 nitrogen and oxygen atoms in total. The summed E-state index contributed by atoms with van der Waals surface area (Å²) in [6.45, 7) is 8.74. The van der Waals surface area contributed by atoms with Gasteiger partial charge in [-0.1, -0.05) is 37.1 Å². The molecule has 1 heteroatoms. The topological polar surface area (TPSA) is 17.1 Å². The van der Waals surface area contributed by atoms with Gasteiger partial charge in [-0.05, 0) is 38.5 Å². The van der Waals surface area contributed by atoms with E-state index < -0.39 is 0 Å². The molecule has 0 bridgehead atoms. The molecule has 0 aromatic carbocycles. The van der Waals surface area contributed by atoms with Gasteiger partial charge in [0, 0.05) is 11.8 Å². The van der Waals surface area contributed by atoms with E-state index in [1.54, 1.807) is 0 Å². The number of hydrogen-bond acceptors (Lipinski definition) is 1. The van der Waals surface area contributed by atoms with Crippen LogP contribution in [0.2, 0.25) is 0 Å². The van der Waals surface area contributed by atoms with Crippen LogP contribution in [0.15, 0.2) is 23.3 Å². The van der Waals surface area contributed by atoms with Gasteiger partial charge in [-0.25, -0.2) is 0 Å². The first-order valence-corrected chi connectivity index (χ1v) is 6.39. The number of allylic oxidation sites excluding steroid dienone is 4. The Bertz CT molecular complexity index is 328. The molecule has 2 aliphatic carbocycles. The molecular formula is C15H22O. The van der Waals surface area contributed by atoms with E-state index >= 15 is 0 Å². The summed E-state index contributed by atoms with van der Waals surface area (Å²) in [4.78, 5) is 12.3. The van der Waals surface area contributed by atoms with Crippen molar-refractivity contribution in [3.05, 3.63) is 23.3 Å². The maximum Gasteiger partial charge on any atom is 0.146 e. The molecule has 4 unspecified atom stereocenters. The molecule has 0 N–H and O–H groups in total. The number of ketones is 1. The normalized spacial score (nSPS) is 38.5. The number of carbonyl (C=O) groups excluding carboxylic acids is 1. The summed E-state index contributed by atoms with van der Waals surface area (Å²) in [5, 5.41) is 0. The van der Waals surface area contributed by atoms with E-state index in [1.807, 2.05) is 0 Å². The number of hydrogen-bond donors (Lipinski definition) is 0. The number of carbonyl (C=O) groups is 1. The molecule has 0 aromatic rings. The third-order valence-corrected chi connectivity index (χ3v) is 4.43. The second kappa shape index (κ2) is 4.20. The molecule has 0 heterocycles. The van der Waals surface area contributed by atoms with E-state index in [0.29, 0.717) is 17.6 Å². The van der Waals surface area contributed by atoms with Crippen LogP contribution >= 0.6 is 0 Å². The standard InChI is InChI=1S/C15H22O/c1-9-5-13(6-10(9)2)15(16)14-7-11(3)12(4)8-14/h5,7,10,12-14H,6,8H2,1-4H3. The largest absolute Gasteiger partial charge is 0.298 e. The Morgan fingerprint density at radius 1 is 1.00 bits per heavy atom. The first kappa shape index (κ1) is 11.6. The van der Waals surface area contributed by atoms with Crippen LogP contribution < -0.4 is 0 Å². The summed E-state index contributed by atoms with van der Waals surface area (Å²) in [5.41, 5.74) is 2.79. The molecule has 0 saturated heterocycles. The van der Waals surface area contributed by atoms with Crippen molar-refractivity contribution < 1.29 is 4.79 Å². The van der Waals surface area contributed by atoms with Gasteiger partial charge in [0.1, 0.15) is 5.78 Å². The summed E-state index contributed by atoms with van der Waals surface area (Å²) in [5.74, 6) is 2.02. The van der Waals surface area contributed by atoms with Gasteiger partial charge >= 0.3 is 0 Å². The molecule has 0 spiro atoms. The van der Waals surface area contributed by atoms with Crippen molar-refractivity contribution in [3.63, 3.8) is 0 Å². The Balaban J connectivity index is 2.06. The first-order chi connectivity index (χ1) is 7.49. The van der Waals surface area contributed by atoms with E-state index in [-0.39, 0.29) is 11.8 Å². The first-order valence-electron chi connectivity index (χ1n) is 6.39. The van der Waals surface area contributed by atoms with Crippen molar-refractivity contribution in [2.75, 3.05) is 0 Å². The van der Waals surface area contributed by atoms with Crippen molar-refractivity contribution in [3.8, 4) is 0 Å². The van der Waals surface area contributed by atoms with Crippen LogP contribution in [-0.2, 0) is 4.79 Å². The molecule has 4 atom stereocenters. The van der Waals surface area contributed by atoms with E-state index in [9.17, 15) is 4.79 Å². The van der Waals surface area contributed by atoms with E-state index in [4.69, 9.17) is 0 Å². The third-order valence-electron chi connectivity index (χ3n) is 4.43. The van der Waals surface area contributed by atoms with Crippen molar-refractivity contribution in [2.45, 2.75) is 40.5 Å². The fourth-order valence-electron chi connectivity index (χ4n) is 2.90. The smallest absolute Gasteiger partial charge is 0.146 e. The van der Waals surface area contributed by atoms with Crippen LogP contribution in [0.5, 0.6) is 0 Å². The summed E-state index contributed by atoms with van der Waals surface area (Å²) in [6.07, 6.45) is 6.45.